The third-order valence-corrected chi connectivity index (χ3v) is 5.46. The van der Waals surface area contributed by atoms with Crippen LogP contribution >= 0.6 is 21.6 Å². The molecule has 0 fully saturated rings. The van der Waals surface area contributed by atoms with Crippen LogP contribution in [0.5, 0.6) is 0 Å². The summed E-state index contributed by atoms with van der Waals surface area (Å²) in [4.78, 5) is 8.88. The SMILES string of the molecule is CSSCCCCCCc1ccnc(-c2cc(C)ccn2)c1. The average molecular weight is 333 g/mol. The van der Waals surface area contributed by atoms with Gasteiger partial charge in [-0.2, -0.15) is 0 Å². The highest BCUT2D eigenvalue weighted by atomic mass is 33.1. The summed E-state index contributed by atoms with van der Waals surface area (Å²) >= 11 is 0. The summed E-state index contributed by atoms with van der Waals surface area (Å²) in [6.07, 6.45) is 12.3. The van der Waals surface area contributed by atoms with E-state index in [0.717, 1.165) is 17.8 Å². The minimum absolute atomic E-state index is 0.968. The number of unbranched alkanes of at least 4 members (excludes halogenated alkanes) is 3. The molecule has 0 aliphatic heterocycles. The Bertz CT molecular complexity index is 573. The zero-order valence-corrected chi connectivity index (χ0v) is 15.1. The largest absolute Gasteiger partial charge is 0.255 e. The Kier molecular flexibility index (Phi) is 7.81. The van der Waals surface area contributed by atoms with E-state index in [1.54, 1.807) is 0 Å². The summed E-state index contributed by atoms with van der Waals surface area (Å²) in [5, 5.41) is 0. The summed E-state index contributed by atoms with van der Waals surface area (Å²) in [6.45, 7) is 2.09. The highest BCUT2D eigenvalue weighted by Gasteiger charge is 2.03. The summed E-state index contributed by atoms with van der Waals surface area (Å²) in [5.74, 6) is 1.28. The molecule has 0 radical (unpaired) electrons. The molecule has 2 aromatic rings. The van der Waals surface area contributed by atoms with Gasteiger partial charge in [-0.25, -0.2) is 0 Å². The number of aromatic nitrogens is 2. The maximum Gasteiger partial charge on any atom is 0.0888 e. The fourth-order valence-corrected chi connectivity index (χ4v) is 3.72. The molecular formula is C18H24N2S2. The van der Waals surface area contributed by atoms with E-state index in [1.807, 2.05) is 40.0 Å². The lowest BCUT2D eigenvalue weighted by atomic mass is 10.1. The number of nitrogens with zero attached hydrogens (tertiary/aromatic N) is 2. The molecule has 0 bridgehead atoms. The lowest BCUT2D eigenvalue weighted by molar-refractivity contribution is 0.670. The Balaban J connectivity index is 1.82. The predicted octanol–water partition coefficient (Wildman–Crippen LogP) is 5.57. The minimum atomic E-state index is 0.968. The average Bonchev–Trinajstić information content (AvgIpc) is 2.54. The zero-order chi connectivity index (χ0) is 15.6. The van der Waals surface area contributed by atoms with Gasteiger partial charge in [-0.1, -0.05) is 34.4 Å². The molecule has 0 aliphatic carbocycles. The van der Waals surface area contributed by atoms with E-state index >= 15 is 0 Å². The van der Waals surface area contributed by atoms with Gasteiger partial charge in [-0.3, -0.25) is 9.97 Å². The quantitative estimate of drug-likeness (QED) is 0.443. The second-order valence-corrected chi connectivity index (χ2v) is 8.11. The fourth-order valence-electron chi connectivity index (χ4n) is 2.37. The van der Waals surface area contributed by atoms with Crippen LogP contribution in [0, 0.1) is 6.92 Å². The van der Waals surface area contributed by atoms with Crippen LogP contribution in [0.4, 0.5) is 0 Å². The normalized spacial score (nSPS) is 10.8. The second kappa shape index (κ2) is 9.90. The Morgan fingerprint density at radius 3 is 2.41 bits per heavy atom. The van der Waals surface area contributed by atoms with Crippen LogP contribution in [-0.4, -0.2) is 22.0 Å². The summed E-state index contributed by atoms with van der Waals surface area (Å²) < 4.78 is 0. The lowest BCUT2D eigenvalue weighted by Crippen LogP contribution is -1.92. The smallest absolute Gasteiger partial charge is 0.0888 e. The van der Waals surface area contributed by atoms with Crippen LogP contribution in [0.2, 0.25) is 0 Å². The zero-order valence-electron chi connectivity index (χ0n) is 13.4. The Morgan fingerprint density at radius 2 is 1.64 bits per heavy atom. The fraction of sp³-hybridized carbons (Fsp3) is 0.444. The standard InChI is InChI=1S/C18H24N2S2/c1-15-8-10-19-17(13-15)18-14-16(9-11-20-18)7-5-3-4-6-12-22-21-2/h8-11,13-14H,3-7,12H2,1-2H3. The molecule has 2 rings (SSSR count). The van der Waals surface area contributed by atoms with Crippen molar-refractivity contribution in [3.05, 3.63) is 47.8 Å². The molecule has 4 heteroatoms. The van der Waals surface area contributed by atoms with E-state index in [2.05, 4.69) is 41.3 Å². The predicted molar refractivity (Wildman–Crippen MR) is 100 cm³/mol. The van der Waals surface area contributed by atoms with Crippen molar-refractivity contribution in [2.45, 2.75) is 39.0 Å². The van der Waals surface area contributed by atoms with Gasteiger partial charge >= 0.3 is 0 Å². The molecule has 0 spiro atoms. The van der Waals surface area contributed by atoms with Gasteiger partial charge in [0.15, 0.2) is 0 Å². The molecule has 0 atom stereocenters. The summed E-state index contributed by atoms with van der Waals surface area (Å²) in [5.41, 5.74) is 4.54. The van der Waals surface area contributed by atoms with E-state index in [1.165, 1.54) is 42.6 Å². The van der Waals surface area contributed by atoms with E-state index in [4.69, 9.17) is 0 Å². The van der Waals surface area contributed by atoms with E-state index < -0.39 is 0 Å². The molecular weight excluding hydrogens is 308 g/mol. The van der Waals surface area contributed by atoms with Gasteiger partial charge in [0.25, 0.3) is 0 Å². The monoisotopic (exact) mass is 332 g/mol. The van der Waals surface area contributed by atoms with Gasteiger partial charge in [0, 0.05) is 18.1 Å². The molecule has 0 saturated heterocycles. The molecule has 0 unspecified atom stereocenters. The second-order valence-electron chi connectivity index (χ2n) is 5.42. The Labute approximate surface area is 141 Å². The van der Waals surface area contributed by atoms with Gasteiger partial charge in [0.2, 0.25) is 0 Å². The maximum absolute atomic E-state index is 4.46. The van der Waals surface area contributed by atoms with Crippen molar-refractivity contribution in [2.24, 2.45) is 0 Å². The van der Waals surface area contributed by atoms with Gasteiger partial charge < -0.3 is 0 Å². The molecule has 0 saturated carbocycles. The molecule has 2 aromatic heterocycles. The van der Waals surface area contributed by atoms with Crippen LogP contribution < -0.4 is 0 Å². The number of aryl methyl sites for hydroxylation is 2. The van der Waals surface area contributed by atoms with Crippen molar-refractivity contribution in [1.29, 1.82) is 0 Å². The molecule has 118 valence electrons. The molecule has 0 aromatic carbocycles. The first-order valence-corrected chi connectivity index (χ1v) is 10.6. The van der Waals surface area contributed by atoms with Crippen molar-refractivity contribution in [3.8, 4) is 11.4 Å². The lowest BCUT2D eigenvalue weighted by Gasteiger charge is -2.05. The first-order chi connectivity index (χ1) is 10.8. The van der Waals surface area contributed by atoms with Gasteiger partial charge in [0.1, 0.15) is 0 Å². The summed E-state index contributed by atoms with van der Waals surface area (Å²) in [6, 6.07) is 8.42. The number of hydrogen-bond donors (Lipinski definition) is 0. The number of rotatable bonds is 9. The Morgan fingerprint density at radius 1 is 0.909 bits per heavy atom. The van der Waals surface area contributed by atoms with Gasteiger partial charge in [-0.15, -0.1) is 0 Å². The molecule has 2 heterocycles. The van der Waals surface area contributed by atoms with Crippen LogP contribution in [0.25, 0.3) is 11.4 Å². The first kappa shape index (κ1) is 17.4. The molecule has 2 nitrogen and oxygen atoms in total. The Hall–Kier alpha value is -1.00. The highest BCUT2D eigenvalue weighted by molar-refractivity contribution is 8.76. The van der Waals surface area contributed by atoms with E-state index in [9.17, 15) is 0 Å². The minimum Gasteiger partial charge on any atom is -0.255 e. The van der Waals surface area contributed by atoms with Gasteiger partial charge in [0.05, 0.1) is 11.4 Å². The molecule has 0 N–H and O–H groups in total. The van der Waals surface area contributed by atoms with Crippen LogP contribution in [0.15, 0.2) is 36.7 Å². The highest BCUT2D eigenvalue weighted by Crippen LogP contribution is 2.20. The third-order valence-electron chi connectivity index (χ3n) is 3.56. The summed E-state index contributed by atoms with van der Waals surface area (Å²) in [7, 11) is 3.83. The van der Waals surface area contributed by atoms with Gasteiger partial charge in [-0.05, 0) is 67.8 Å². The van der Waals surface area contributed by atoms with Crippen molar-refractivity contribution < 1.29 is 0 Å². The first-order valence-electron chi connectivity index (χ1n) is 7.83. The molecule has 22 heavy (non-hydrogen) atoms. The van der Waals surface area contributed by atoms with Crippen molar-refractivity contribution in [1.82, 2.24) is 9.97 Å². The van der Waals surface area contributed by atoms with Crippen LogP contribution in [-0.2, 0) is 6.42 Å². The van der Waals surface area contributed by atoms with Crippen LogP contribution in [0.1, 0.15) is 36.8 Å². The molecule has 0 amide bonds. The van der Waals surface area contributed by atoms with Crippen molar-refractivity contribution in [3.63, 3.8) is 0 Å². The van der Waals surface area contributed by atoms with E-state index in [-0.39, 0.29) is 0 Å². The number of hydrogen-bond acceptors (Lipinski definition) is 4. The van der Waals surface area contributed by atoms with Crippen LogP contribution in [0.3, 0.4) is 0 Å². The van der Waals surface area contributed by atoms with Crippen molar-refractivity contribution >= 4 is 21.6 Å². The number of pyridine rings is 2. The topological polar surface area (TPSA) is 25.8 Å². The third kappa shape index (κ3) is 6.01. The van der Waals surface area contributed by atoms with E-state index in [0.29, 0.717) is 0 Å². The maximum atomic E-state index is 4.46. The molecule has 0 aliphatic rings. The van der Waals surface area contributed by atoms with Crippen molar-refractivity contribution in [2.75, 3.05) is 12.0 Å².